The van der Waals surface area contributed by atoms with Crippen molar-refractivity contribution in [1.29, 1.82) is 0 Å². The van der Waals surface area contributed by atoms with Gasteiger partial charge in [-0.25, -0.2) is 0 Å². The highest BCUT2D eigenvalue weighted by Gasteiger charge is 2.11. The molecule has 2 aromatic carbocycles. The summed E-state index contributed by atoms with van der Waals surface area (Å²) in [6, 6.07) is 17.8. The van der Waals surface area contributed by atoms with Crippen LogP contribution in [0.15, 0.2) is 54.6 Å². The minimum Gasteiger partial charge on any atom is -0.366 e. The van der Waals surface area contributed by atoms with Gasteiger partial charge in [-0.2, -0.15) is 12.6 Å². The Kier molecular flexibility index (Phi) is 4.40. The Bertz CT molecular complexity index is 527. The number of thiol groups is 1. The number of rotatable bonds is 4. The molecule has 1 atom stereocenters. The van der Waals surface area contributed by atoms with Crippen molar-refractivity contribution < 1.29 is 4.79 Å². The number of carbonyl (C=O) groups excluding carboxylic acids is 1. The highest BCUT2D eigenvalue weighted by atomic mass is 32.1. The molecular weight excluding hydrogens is 261 g/mol. The summed E-state index contributed by atoms with van der Waals surface area (Å²) in [7, 11) is -0.468. The van der Waals surface area contributed by atoms with Gasteiger partial charge in [0, 0.05) is 11.1 Å². The molecule has 0 fully saturated rings. The highest BCUT2D eigenvalue weighted by Crippen LogP contribution is 2.34. The molecule has 0 aliphatic heterocycles. The average molecular weight is 275 g/mol. The van der Waals surface area contributed by atoms with Gasteiger partial charge in [-0.05, 0) is 30.7 Å². The quantitative estimate of drug-likeness (QED) is 0.651. The molecule has 2 rings (SSSR count). The molecule has 0 saturated heterocycles. The smallest absolute Gasteiger partial charge is 0.248 e. The van der Waals surface area contributed by atoms with Crippen molar-refractivity contribution in [1.82, 2.24) is 0 Å². The molecule has 92 valence electrons. The molecule has 4 heteroatoms. The Morgan fingerprint density at radius 1 is 1.00 bits per heavy atom. The second-order valence-corrected chi connectivity index (χ2v) is 6.84. The molecule has 0 aliphatic rings. The third-order valence-corrected chi connectivity index (χ3v) is 5.65. The number of hydrogen-bond acceptors (Lipinski definition) is 2. The van der Waals surface area contributed by atoms with Gasteiger partial charge in [0.05, 0.1) is 0 Å². The van der Waals surface area contributed by atoms with E-state index >= 15 is 0 Å². The first-order chi connectivity index (χ1) is 8.72. The van der Waals surface area contributed by atoms with E-state index in [1.807, 2.05) is 30.3 Å². The zero-order valence-electron chi connectivity index (χ0n) is 9.78. The molecule has 0 aromatic heterocycles. The van der Waals surface area contributed by atoms with E-state index in [-0.39, 0.29) is 0 Å². The van der Waals surface area contributed by atoms with Crippen molar-refractivity contribution in [3.63, 3.8) is 0 Å². The largest absolute Gasteiger partial charge is 0.366 e. The monoisotopic (exact) mass is 275 g/mol. The first kappa shape index (κ1) is 13.1. The third-order valence-electron chi connectivity index (χ3n) is 2.67. The van der Waals surface area contributed by atoms with Crippen LogP contribution in [0.1, 0.15) is 10.4 Å². The van der Waals surface area contributed by atoms with Crippen molar-refractivity contribution in [2.45, 2.75) is 0 Å². The molecule has 0 spiro atoms. The fourth-order valence-electron chi connectivity index (χ4n) is 1.73. The minimum atomic E-state index is -0.468. The fourth-order valence-corrected chi connectivity index (χ4v) is 4.37. The van der Waals surface area contributed by atoms with Crippen molar-refractivity contribution >= 4 is 37.1 Å². The molecule has 0 radical (unpaired) electrons. The van der Waals surface area contributed by atoms with Gasteiger partial charge in [-0.1, -0.05) is 42.5 Å². The Morgan fingerprint density at radius 3 is 2.06 bits per heavy atom. The number of amides is 1. The van der Waals surface area contributed by atoms with Crippen molar-refractivity contribution in [2.24, 2.45) is 5.73 Å². The molecule has 2 N–H and O–H groups in total. The summed E-state index contributed by atoms with van der Waals surface area (Å²) in [5, 5.41) is 2.49. The maximum absolute atomic E-state index is 11.0. The summed E-state index contributed by atoms with van der Waals surface area (Å²) in [5.41, 5.74) is 6.56. The molecule has 0 saturated carbocycles. The average Bonchev–Trinajstić information content (AvgIpc) is 2.41. The predicted molar refractivity (Wildman–Crippen MR) is 81.4 cm³/mol. The maximum Gasteiger partial charge on any atom is 0.248 e. The van der Waals surface area contributed by atoms with Gasteiger partial charge >= 0.3 is 0 Å². The van der Waals surface area contributed by atoms with Gasteiger partial charge in [0.1, 0.15) is 0 Å². The molecule has 18 heavy (non-hydrogen) atoms. The molecule has 2 nitrogen and oxygen atoms in total. The zero-order chi connectivity index (χ0) is 13.0. The Morgan fingerprint density at radius 2 is 1.56 bits per heavy atom. The SMILES string of the molecule is NC(=O)c1ccc(P(CS)c2ccccc2)cc1. The van der Waals surface area contributed by atoms with E-state index in [1.165, 1.54) is 10.6 Å². The van der Waals surface area contributed by atoms with Gasteiger partial charge in [-0.15, -0.1) is 0 Å². The minimum absolute atomic E-state index is 0.392. The van der Waals surface area contributed by atoms with Crippen LogP contribution in [0.25, 0.3) is 0 Å². The fraction of sp³-hybridized carbons (Fsp3) is 0.0714. The lowest BCUT2D eigenvalue weighted by atomic mass is 10.2. The van der Waals surface area contributed by atoms with Crippen LogP contribution in [0.3, 0.4) is 0 Å². The normalized spacial score (nSPS) is 12.1. The lowest BCUT2D eigenvalue weighted by Gasteiger charge is -2.16. The van der Waals surface area contributed by atoms with Crippen molar-refractivity contribution in [3.05, 3.63) is 60.2 Å². The van der Waals surface area contributed by atoms with Crippen LogP contribution in [-0.4, -0.2) is 11.4 Å². The van der Waals surface area contributed by atoms with Crippen LogP contribution in [0.5, 0.6) is 0 Å². The van der Waals surface area contributed by atoms with Crippen LogP contribution >= 0.6 is 20.6 Å². The molecule has 1 unspecified atom stereocenters. The van der Waals surface area contributed by atoms with Crippen molar-refractivity contribution in [3.8, 4) is 0 Å². The van der Waals surface area contributed by atoms with Gasteiger partial charge in [0.2, 0.25) is 5.91 Å². The van der Waals surface area contributed by atoms with Crippen LogP contribution in [0.2, 0.25) is 0 Å². The van der Waals surface area contributed by atoms with E-state index in [2.05, 4.69) is 24.8 Å². The summed E-state index contributed by atoms with van der Waals surface area (Å²) >= 11 is 4.44. The second-order valence-electron chi connectivity index (χ2n) is 3.82. The topological polar surface area (TPSA) is 43.1 Å². The number of benzene rings is 2. The van der Waals surface area contributed by atoms with Crippen LogP contribution in [-0.2, 0) is 0 Å². The van der Waals surface area contributed by atoms with Gasteiger partial charge in [0.25, 0.3) is 0 Å². The summed E-state index contributed by atoms with van der Waals surface area (Å²) in [6.45, 7) is 0. The molecular formula is C14H14NOPS. The molecule has 0 heterocycles. The summed E-state index contributed by atoms with van der Waals surface area (Å²) in [5.74, 6) is -0.392. The molecule has 2 aromatic rings. The van der Waals surface area contributed by atoms with E-state index < -0.39 is 13.8 Å². The number of primary amides is 1. The van der Waals surface area contributed by atoms with E-state index in [0.717, 1.165) is 5.49 Å². The number of nitrogens with two attached hydrogens (primary N) is 1. The van der Waals surface area contributed by atoms with Gasteiger partial charge in [-0.3, -0.25) is 4.79 Å². The Labute approximate surface area is 113 Å². The lowest BCUT2D eigenvalue weighted by Crippen LogP contribution is -2.15. The summed E-state index contributed by atoms with van der Waals surface area (Å²) in [6.07, 6.45) is 0. The maximum atomic E-state index is 11.0. The molecule has 1 amide bonds. The first-order valence-electron chi connectivity index (χ1n) is 5.55. The first-order valence-corrected chi connectivity index (χ1v) is 7.71. The van der Waals surface area contributed by atoms with E-state index in [1.54, 1.807) is 12.1 Å². The van der Waals surface area contributed by atoms with Crippen molar-refractivity contribution in [2.75, 3.05) is 5.49 Å². The second kappa shape index (κ2) is 6.03. The number of hydrogen-bond donors (Lipinski definition) is 2. The van der Waals surface area contributed by atoms with Gasteiger partial charge in [0.15, 0.2) is 0 Å². The highest BCUT2D eigenvalue weighted by molar-refractivity contribution is 7.93. The predicted octanol–water partition coefficient (Wildman–Crippen LogP) is 2.11. The Balaban J connectivity index is 2.31. The van der Waals surface area contributed by atoms with Crippen LogP contribution in [0.4, 0.5) is 0 Å². The van der Waals surface area contributed by atoms with E-state index in [9.17, 15) is 4.79 Å². The Hall–Kier alpha value is -1.31. The van der Waals surface area contributed by atoms with Crippen LogP contribution < -0.4 is 16.3 Å². The standard InChI is InChI=1S/C14H14NOPS/c15-14(16)11-6-8-13(9-7-11)17(10-18)12-4-2-1-3-5-12/h1-9,18H,10H2,(H2,15,16). The summed E-state index contributed by atoms with van der Waals surface area (Å²) < 4.78 is 0. The molecule has 0 bridgehead atoms. The third kappa shape index (κ3) is 2.92. The van der Waals surface area contributed by atoms with Crippen LogP contribution in [0, 0.1) is 0 Å². The van der Waals surface area contributed by atoms with Gasteiger partial charge < -0.3 is 5.73 Å². The summed E-state index contributed by atoms with van der Waals surface area (Å²) in [4.78, 5) is 11.0. The zero-order valence-corrected chi connectivity index (χ0v) is 11.6. The van der Waals surface area contributed by atoms with E-state index in [0.29, 0.717) is 5.56 Å². The van der Waals surface area contributed by atoms with E-state index in [4.69, 9.17) is 5.73 Å². The molecule has 0 aliphatic carbocycles. The lowest BCUT2D eigenvalue weighted by molar-refractivity contribution is 0.100. The number of carbonyl (C=O) groups is 1.